The Balaban J connectivity index is 2.37. The maximum absolute atomic E-state index is 13.2. The molecule has 2 rings (SSSR count). The fourth-order valence-corrected chi connectivity index (χ4v) is 1.85. The molecule has 0 aliphatic carbocycles. The highest BCUT2D eigenvalue weighted by Crippen LogP contribution is 2.29. The van der Waals surface area contributed by atoms with E-state index in [4.69, 9.17) is 9.68 Å². The molecule has 0 aliphatic heterocycles. The number of aromatic nitrogens is 1. The highest BCUT2D eigenvalue weighted by Gasteiger charge is 2.10. The molecule has 0 unspecified atom stereocenters. The van der Waals surface area contributed by atoms with Gasteiger partial charge in [0.1, 0.15) is 23.7 Å². The first-order valence-corrected chi connectivity index (χ1v) is 4.89. The molecule has 0 amide bonds. The van der Waals surface area contributed by atoms with Gasteiger partial charge in [-0.2, -0.15) is 5.26 Å². The van der Waals surface area contributed by atoms with Crippen LogP contribution >= 0.6 is 11.8 Å². The molecular formula is C10H5FN2OS. The lowest BCUT2D eigenvalue weighted by Gasteiger charge is -2.00. The van der Waals surface area contributed by atoms with Crippen LogP contribution in [0.25, 0.3) is 0 Å². The molecule has 0 saturated heterocycles. The van der Waals surface area contributed by atoms with Crippen molar-refractivity contribution in [1.29, 1.82) is 5.26 Å². The minimum atomic E-state index is -0.533. The summed E-state index contributed by atoms with van der Waals surface area (Å²) in [7, 11) is 0. The Morgan fingerprint density at radius 2 is 2.33 bits per heavy atom. The van der Waals surface area contributed by atoms with Crippen LogP contribution in [-0.2, 0) is 0 Å². The second-order valence-corrected chi connectivity index (χ2v) is 3.62. The number of benzene rings is 1. The molecular weight excluding hydrogens is 215 g/mol. The Bertz CT molecular complexity index is 505. The summed E-state index contributed by atoms with van der Waals surface area (Å²) in [5.41, 5.74) is 0.0145. The number of rotatable bonds is 2. The van der Waals surface area contributed by atoms with E-state index in [2.05, 4.69) is 4.98 Å². The van der Waals surface area contributed by atoms with Gasteiger partial charge >= 0.3 is 0 Å². The van der Waals surface area contributed by atoms with E-state index < -0.39 is 5.82 Å². The molecule has 1 aromatic heterocycles. The van der Waals surface area contributed by atoms with Crippen molar-refractivity contribution in [2.75, 3.05) is 0 Å². The Morgan fingerprint density at radius 3 is 3.00 bits per heavy atom. The number of hydrogen-bond donors (Lipinski definition) is 0. The number of nitrogens with zero attached hydrogens (tertiary/aromatic N) is 2. The molecule has 0 atom stereocenters. The van der Waals surface area contributed by atoms with Crippen LogP contribution in [0.2, 0.25) is 0 Å². The quantitative estimate of drug-likeness (QED) is 0.780. The fourth-order valence-electron chi connectivity index (χ4n) is 1.05. The normalized spacial score (nSPS) is 9.87. The standard InChI is InChI=1S/C10H5FN2OS/c11-8-2-1-3-9(7(8)6-12)15-10-13-4-5-14-10/h1-5H. The Morgan fingerprint density at radius 1 is 1.47 bits per heavy atom. The number of halogens is 1. The van der Waals surface area contributed by atoms with Gasteiger partial charge in [-0.1, -0.05) is 6.07 Å². The molecule has 0 bridgehead atoms. The summed E-state index contributed by atoms with van der Waals surface area (Å²) < 4.78 is 18.2. The third-order valence-electron chi connectivity index (χ3n) is 1.69. The van der Waals surface area contributed by atoms with Crippen molar-refractivity contribution < 1.29 is 8.81 Å². The van der Waals surface area contributed by atoms with E-state index in [1.807, 2.05) is 6.07 Å². The van der Waals surface area contributed by atoms with Gasteiger partial charge in [-0.3, -0.25) is 0 Å². The fraction of sp³-hybridized carbons (Fsp3) is 0. The molecule has 1 heterocycles. The van der Waals surface area contributed by atoms with E-state index in [1.165, 1.54) is 18.5 Å². The number of hydrogen-bond acceptors (Lipinski definition) is 4. The van der Waals surface area contributed by atoms with E-state index in [0.29, 0.717) is 10.1 Å². The van der Waals surface area contributed by atoms with Gasteiger partial charge in [0.25, 0.3) is 5.22 Å². The average Bonchev–Trinajstić information content (AvgIpc) is 2.71. The molecule has 0 radical (unpaired) electrons. The van der Waals surface area contributed by atoms with E-state index in [0.717, 1.165) is 11.8 Å². The zero-order valence-electron chi connectivity index (χ0n) is 7.48. The van der Waals surface area contributed by atoms with Gasteiger partial charge in [-0.25, -0.2) is 9.37 Å². The van der Waals surface area contributed by atoms with Crippen molar-refractivity contribution in [3.8, 4) is 6.07 Å². The van der Waals surface area contributed by atoms with Crippen LogP contribution < -0.4 is 0 Å². The minimum Gasteiger partial charge on any atom is -0.440 e. The lowest BCUT2D eigenvalue weighted by Crippen LogP contribution is -1.86. The molecule has 5 heteroatoms. The topological polar surface area (TPSA) is 49.8 Å². The Kier molecular flexibility index (Phi) is 2.70. The van der Waals surface area contributed by atoms with Crippen molar-refractivity contribution >= 4 is 11.8 Å². The summed E-state index contributed by atoms with van der Waals surface area (Å²) in [6, 6.07) is 6.25. The molecule has 15 heavy (non-hydrogen) atoms. The van der Waals surface area contributed by atoms with Crippen LogP contribution in [0.3, 0.4) is 0 Å². The SMILES string of the molecule is N#Cc1c(F)cccc1Sc1ncco1. The number of nitriles is 1. The molecule has 0 N–H and O–H groups in total. The summed E-state index contributed by atoms with van der Waals surface area (Å²) in [4.78, 5) is 4.38. The van der Waals surface area contributed by atoms with Crippen LogP contribution in [0.5, 0.6) is 0 Å². The van der Waals surface area contributed by atoms with Crippen molar-refractivity contribution in [1.82, 2.24) is 4.98 Å². The second-order valence-electron chi connectivity index (χ2n) is 2.62. The third-order valence-corrected chi connectivity index (χ3v) is 2.63. The van der Waals surface area contributed by atoms with Crippen LogP contribution in [0.4, 0.5) is 4.39 Å². The molecule has 0 spiro atoms. The van der Waals surface area contributed by atoms with E-state index in [-0.39, 0.29) is 5.56 Å². The third kappa shape index (κ3) is 2.00. The highest BCUT2D eigenvalue weighted by molar-refractivity contribution is 7.99. The summed E-state index contributed by atoms with van der Waals surface area (Å²) in [6.45, 7) is 0. The average molecular weight is 220 g/mol. The van der Waals surface area contributed by atoms with Gasteiger partial charge in [0, 0.05) is 4.90 Å². The van der Waals surface area contributed by atoms with Crippen molar-refractivity contribution in [2.45, 2.75) is 10.1 Å². The van der Waals surface area contributed by atoms with E-state index in [1.54, 1.807) is 12.1 Å². The van der Waals surface area contributed by atoms with E-state index in [9.17, 15) is 4.39 Å². The first kappa shape index (κ1) is 9.74. The van der Waals surface area contributed by atoms with Gasteiger partial charge in [-0.15, -0.1) is 0 Å². The Hall–Kier alpha value is -1.80. The van der Waals surface area contributed by atoms with Gasteiger partial charge in [0.05, 0.1) is 6.20 Å². The molecule has 0 fully saturated rings. The minimum absolute atomic E-state index is 0.0145. The lowest BCUT2D eigenvalue weighted by atomic mass is 10.2. The molecule has 0 aliphatic rings. The van der Waals surface area contributed by atoms with Gasteiger partial charge < -0.3 is 4.42 Å². The summed E-state index contributed by atoms with van der Waals surface area (Å²) >= 11 is 1.12. The van der Waals surface area contributed by atoms with Crippen LogP contribution in [0, 0.1) is 17.1 Å². The van der Waals surface area contributed by atoms with Gasteiger partial charge in [0.2, 0.25) is 0 Å². The first-order chi connectivity index (χ1) is 7.31. The van der Waals surface area contributed by atoms with Crippen molar-refractivity contribution in [3.63, 3.8) is 0 Å². The van der Waals surface area contributed by atoms with Gasteiger partial charge in [0.15, 0.2) is 0 Å². The van der Waals surface area contributed by atoms with Crippen LogP contribution in [-0.4, -0.2) is 4.98 Å². The summed E-state index contributed by atoms with van der Waals surface area (Å²) in [5.74, 6) is -0.533. The molecule has 0 saturated carbocycles. The predicted molar refractivity (Wildman–Crippen MR) is 51.7 cm³/mol. The largest absolute Gasteiger partial charge is 0.440 e. The maximum Gasteiger partial charge on any atom is 0.260 e. The highest BCUT2D eigenvalue weighted by atomic mass is 32.2. The Labute approximate surface area is 89.5 Å². The molecule has 3 nitrogen and oxygen atoms in total. The monoisotopic (exact) mass is 220 g/mol. The first-order valence-electron chi connectivity index (χ1n) is 4.07. The van der Waals surface area contributed by atoms with Gasteiger partial charge in [-0.05, 0) is 23.9 Å². The molecule has 1 aromatic carbocycles. The lowest BCUT2D eigenvalue weighted by molar-refractivity contribution is 0.454. The van der Waals surface area contributed by atoms with Crippen molar-refractivity contribution in [2.24, 2.45) is 0 Å². The zero-order chi connectivity index (χ0) is 10.7. The van der Waals surface area contributed by atoms with Crippen LogP contribution in [0.1, 0.15) is 5.56 Å². The second kappa shape index (κ2) is 4.15. The predicted octanol–water partition coefficient (Wildman–Crippen LogP) is 2.84. The maximum atomic E-state index is 13.2. The van der Waals surface area contributed by atoms with E-state index >= 15 is 0 Å². The zero-order valence-corrected chi connectivity index (χ0v) is 8.29. The summed E-state index contributed by atoms with van der Waals surface area (Å²) in [6.07, 6.45) is 2.92. The number of oxazole rings is 1. The molecule has 74 valence electrons. The molecule has 2 aromatic rings. The van der Waals surface area contributed by atoms with Crippen LogP contribution in [0.15, 0.2) is 45.2 Å². The van der Waals surface area contributed by atoms with Crippen molar-refractivity contribution in [3.05, 3.63) is 42.0 Å². The smallest absolute Gasteiger partial charge is 0.260 e. The summed E-state index contributed by atoms with van der Waals surface area (Å²) in [5, 5.41) is 9.16.